The van der Waals surface area contributed by atoms with Gasteiger partial charge in [-0.25, -0.2) is 4.98 Å². The summed E-state index contributed by atoms with van der Waals surface area (Å²) in [6.45, 7) is 0. The van der Waals surface area contributed by atoms with Crippen LogP contribution >= 0.6 is 11.6 Å². The lowest BCUT2D eigenvalue weighted by Gasteiger charge is -2.10. The predicted octanol–water partition coefficient (Wildman–Crippen LogP) is 3.81. The van der Waals surface area contributed by atoms with Gasteiger partial charge < -0.3 is 5.73 Å². The Morgan fingerprint density at radius 1 is 1.00 bits per heavy atom. The van der Waals surface area contributed by atoms with Gasteiger partial charge in [0.1, 0.15) is 0 Å². The van der Waals surface area contributed by atoms with Crippen molar-refractivity contribution in [1.29, 1.82) is 0 Å². The third-order valence-corrected chi connectivity index (χ3v) is 3.85. The number of hydrogen-bond acceptors (Lipinski definition) is 3. The molecule has 0 aliphatic carbocycles. The number of nitrogen functional groups attached to an aromatic ring is 1. The summed E-state index contributed by atoms with van der Waals surface area (Å²) in [4.78, 5) is 8.86. The molecule has 0 aliphatic heterocycles. The Kier molecular flexibility index (Phi) is 2.59. The van der Waals surface area contributed by atoms with E-state index in [0.29, 0.717) is 11.0 Å². The summed E-state index contributed by atoms with van der Waals surface area (Å²) in [6.07, 6.45) is 1.75. The van der Waals surface area contributed by atoms with Crippen LogP contribution in [0.2, 0.25) is 5.02 Å². The van der Waals surface area contributed by atoms with Gasteiger partial charge in [0.05, 0.1) is 27.3 Å². The number of imidazole rings is 1. The average molecular weight is 295 g/mol. The normalized spacial score (nSPS) is 11.3. The summed E-state index contributed by atoms with van der Waals surface area (Å²) in [5, 5.41) is 1.57. The molecule has 5 heteroatoms. The SMILES string of the molecule is Nc1nc2ccccc2n1-c1ccc(Cl)c2cccnc12. The zero-order valence-electron chi connectivity index (χ0n) is 11.0. The van der Waals surface area contributed by atoms with Crippen LogP contribution in [-0.2, 0) is 0 Å². The van der Waals surface area contributed by atoms with E-state index < -0.39 is 0 Å². The Morgan fingerprint density at radius 3 is 2.76 bits per heavy atom. The lowest BCUT2D eigenvalue weighted by molar-refractivity contribution is 1.11. The van der Waals surface area contributed by atoms with Crippen LogP contribution < -0.4 is 5.73 Å². The molecule has 0 unspecified atom stereocenters. The molecule has 0 saturated carbocycles. The molecule has 2 aromatic heterocycles. The fraction of sp³-hybridized carbons (Fsp3) is 0. The van der Waals surface area contributed by atoms with Gasteiger partial charge in [-0.2, -0.15) is 0 Å². The summed E-state index contributed by atoms with van der Waals surface area (Å²) in [6, 6.07) is 15.4. The maximum atomic E-state index is 6.25. The first kappa shape index (κ1) is 12.2. The molecule has 0 radical (unpaired) electrons. The number of halogens is 1. The Bertz CT molecular complexity index is 975. The van der Waals surface area contributed by atoms with Gasteiger partial charge in [-0.15, -0.1) is 0 Å². The quantitative estimate of drug-likeness (QED) is 0.581. The van der Waals surface area contributed by atoms with Gasteiger partial charge in [0, 0.05) is 11.6 Å². The van der Waals surface area contributed by atoms with Crippen LogP contribution in [0.5, 0.6) is 0 Å². The second-order valence-electron chi connectivity index (χ2n) is 4.76. The number of nitrogens with zero attached hydrogens (tertiary/aromatic N) is 3. The summed E-state index contributed by atoms with van der Waals surface area (Å²) < 4.78 is 1.90. The first-order chi connectivity index (χ1) is 10.3. The first-order valence-electron chi connectivity index (χ1n) is 6.52. The third-order valence-electron chi connectivity index (χ3n) is 3.52. The monoisotopic (exact) mass is 294 g/mol. The van der Waals surface area contributed by atoms with Crippen molar-refractivity contribution < 1.29 is 0 Å². The number of fused-ring (bicyclic) bond motifs is 2. The van der Waals surface area contributed by atoms with Crippen LogP contribution in [0, 0.1) is 0 Å². The number of anilines is 1. The van der Waals surface area contributed by atoms with Crippen molar-refractivity contribution in [1.82, 2.24) is 14.5 Å². The zero-order chi connectivity index (χ0) is 14.4. The fourth-order valence-electron chi connectivity index (χ4n) is 2.60. The largest absolute Gasteiger partial charge is 0.369 e. The summed E-state index contributed by atoms with van der Waals surface area (Å²) in [5.74, 6) is 0.436. The van der Waals surface area contributed by atoms with Crippen LogP contribution in [0.1, 0.15) is 0 Å². The minimum Gasteiger partial charge on any atom is -0.369 e. The van der Waals surface area contributed by atoms with Gasteiger partial charge in [0.25, 0.3) is 0 Å². The lowest BCUT2D eigenvalue weighted by atomic mass is 10.2. The molecule has 2 N–H and O–H groups in total. The second-order valence-corrected chi connectivity index (χ2v) is 5.17. The third kappa shape index (κ3) is 1.76. The molecular formula is C16H11ClN4. The molecule has 4 aromatic rings. The van der Waals surface area contributed by atoms with Crippen molar-refractivity contribution in [2.75, 3.05) is 5.73 Å². The van der Waals surface area contributed by atoms with Gasteiger partial charge in [-0.3, -0.25) is 9.55 Å². The molecule has 0 aliphatic rings. The van der Waals surface area contributed by atoms with E-state index in [1.807, 2.05) is 53.1 Å². The zero-order valence-corrected chi connectivity index (χ0v) is 11.7. The number of nitrogens with two attached hydrogens (primary N) is 1. The van der Waals surface area contributed by atoms with Crippen LogP contribution in [0.25, 0.3) is 27.6 Å². The van der Waals surface area contributed by atoms with E-state index in [1.54, 1.807) is 6.20 Å². The number of benzene rings is 2. The molecule has 0 atom stereocenters. The van der Waals surface area contributed by atoms with E-state index in [2.05, 4.69) is 9.97 Å². The summed E-state index contributed by atoms with van der Waals surface area (Å²) >= 11 is 6.25. The van der Waals surface area contributed by atoms with Crippen LogP contribution in [-0.4, -0.2) is 14.5 Å². The number of pyridine rings is 1. The van der Waals surface area contributed by atoms with Gasteiger partial charge in [-0.1, -0.05) is 23.7 Å². The maximum absolute atomic E-state index is 6.25. The standard InChI is InChI=1S/C16H11ClN4/c17-11-7-8-14(15-10(11)4-3-9-19-15)21-13-6-2-1-5-12(13)20-16(21)18/h1-9H,(H2,18,20). The van der Waals surface area contributed by atoms with Crippen molar-refractivity contribution in [2.24, 2.45) is 0 Å². The number of aromatic nitrogens is 3. The summed E-state index contributed by atoms with van der Waals surface area (Å²) in [5.41, 5.74) is 9.59. The van der Waals surface area contributed by atoms with Crippen LogP contribution in [0.15, 0.2) is 54.7 Å². The van der Waals surface area contributed by atoms with Crippen molar-refractivity contribution in [3.05, 3.63) is 59.8 Å². The van der Waals surface area contributed by atoms with Gasteiger partial charge >= 0.3 is 0 Å². The molecule has 0 fully saturated rings. The highest BCUT2D eigenvalue weighted by Crippen LogP contribution is 2.31. The highest BCUT2D eigenvalue weighted by Gasteiger charge is 2.13. The van der Waals surface area contributed by atoms with Gasteiger partial charge in [0.15, 0.2) is 0 Å². The average Bonchev–Trinajstić information content (AvgIpc) is 2.84. The predicted molar refractivity (Wildman–Crippen MR) is 85.8 cm³/mol. The molecule has 0 bridgehead atoms. The van der Waals surface area contributed by atoms with Gasteiger partial charge in [-0.05, 0) is 36.4 Å². The molecule has 0 spiro atoms. The maximum Gasteiger partial charge on any atom is 0.206 e. The number of rotatable bonds is 1. The Morgan fingerprint density at radius 2 is 1.86 bits per heavy atom. The minimum absolute atomic E-state index is 0.436. The Hall–Kier alpha value is -2.59. The highest BCUT2D eigenvalue weighted by molar-refractivity contribution is 6.35. The molecule has 2 aromatic carbocycles. The van der Waals surface area contributed by atoms with Gasteiger partial charge in [0.2, 0.25) is 5.95 Å². The number of para-hydroxylation sites is 2. The highest BCUT2D eigenvalue weighted by atomic mass is 35.5. The van der Waals surface area contributed by atoms with Crippen molar-refractivity contribution in [3.63, 3.8) is 0 Å². The number of hydrogen-bond donors (Lipinski definition) is 1. The first-order valence-corrected chi connectivity index (χ1v) is 6.90. The molecule has 0 saturated heterocycles. The molecule has 2 heterocycles. The molecule has 4 rings (SSSR count). The van der Waals surface area contributed by atoms with Crippen molar-refractivity contribution >= 4 is 39.5 Å². The topological polar surface area (TPSA) is 56.7 Å². The van der Waals surface area contributed by atoms with E-state index in [0.717, 1.165) is 27.6 Å². The minimum atomic E-state index is 0.436. The van der Waals surface area contributed by atoms with Crippen molar-refractivity contribution in [2.45, 2.75) is 0 Å². The van der Waals surface area contributed by atoms with Crippen molar-refractivity contribution in [3.8, 4) is 5.69 Å². The van der Waals surface area contributed by atoms with Crippen LogP contribution in [0.3, 0.4) is 0 Å². The molecular weight excluding hydrogens is 284 g/mol. The fourth-order valence-corrected chi connectivity index (χ4v) is 2.82. The van der Waals surface area contributed by atoms with Crippen LogP contribution in [0.4, 0.5) is 5.95 Å². The summed E-state index contributed by atoms with van der Waals surface area (Å²) in [7, 11) is 0. The lowest BCUT2D eigenvalue weighted by Crippen LogP contribution is -2.02. The molecule has 102 valence electrons. The van der Waals surface area contributed by atoms with E-state index in [-0.39, 0.29) is 0 Å². The smallest absolute Gasteiger partial charge is 0.206 e. The van der Waals surface area contributed by atoms with E-state index in [4.69, 9.17) is 17.3 Å². The second kappa shape index (κ2) is 4.46. The van der Waals surface area contributed by atoms with E-state index >= 15 is 0 Å². The molecule has 21 heavy (non-hydrogen) atoms. The Labute approximate surface area is 125 Å². The molecule has 0 amide bonds. The molecule has 4 nitrogen and oxygen atoms in total. The van der Waals surface area contributed by atoms with E-state index in [9.17, 15) is 0 Å². The Balaban J connectivity index is 2.15. The van der Waals surface area contributed by atoms with E-state index in [1.165, 1.54) is 0 Å².